The average Bonchev–Trinajstić information content (AvgIpc) is 3.54. The lowest BCUT2D eigenvalue weighted by atomic mass is 10.0. The quantitative estimate of drug-likeness (QED) is 0.262. The molecule has 196 valence electrons. The molecule has 1 fully saturated rings. The zero-order chi connectivity index (χ0) is 26.6. The monoisotopic (exact) mass is 570 g/mol. The number of fused-ring (bicyclic) bond motifs is 2. The van der Waals surface area contributed by atoms with Crippen molar-refractivity contribution in [3.05, 3.63) is 75.8 Å². The molecule has 1 aliphatic carbocycles. The molecule has 0 spiro atoms. The maximum Gasteiger partial charge on any atom is 0.269 e. The summed E-state index contributed by atoms with van der Waals surface area (Å²) in [5.41, 5.74) is 3.40. The number of aromatic nitrogens is 1. The van der Waals surface area contributed by atoms with Crippen LogP contribution in [0.1, 0.15) is 40.1 Å². The molecule has 2 aromatic heterocycles. The fraction of sp³-hybridized carbons (Fsp3) is 0.286. The summed E-state index contributed by atoms with van der Waals surface area (Å²) in [6.45, 7) is 1.93. The third kappa shape index (κ3) is 4.26. The molecule has 38 heavy (non-hydrogen) atoms. The second-order valence-corrected chi connectivity index (χ2v) is 13.0. The Morgan fingerprint density at radius 2 is 1.95 bits per heavy atom. The van der Waals surface area contributed by atoms with Gasteiger partial charge in [-0.2, -0.15) is 0 Å². The van der Waals surface area contributed by atoms with E-state index in [9.17, 15) is 17.6 Å². The van der Waals surface area contributed by atoms with Crippen molar-refractivity contribution in [2.75, 3.05) is 6.54 Å². The van der Waals surface area contributed by atoms with Gasteiger partial charge in [-0.15, -0.1) is 11.3 Å². The number of halogens is 2. The lowest BCUT2D eigenvalue weighted by Gasteiger charge is -2.21. The molecule has 2 aliphatic rings. The van der Waals surface area contributed by atoms with Gasteiger partial charge in [-0.3, -0.25) is 9.78 Å². The van der Waals surface area contributed by atoms with Gasteiger partial charge in [0, 0.05) is 40.2 Å². The van der Waals surface area contributed by atoms with E-state index in [0.29, 0.717) is 30.0 Å². The highest BCUT2D eigenvalue weighted by Gasteiger charge is 2.40. The number of carbonyl (C=O) groups excluding carboxylic acids is 1. The van der Waals surface area contributed by atoms with Crippen molar-refractivity contribution in [3.8, 4) is 16.9 Å². The highest BCUT2D eigenvalue weighted by atomic mass is 35.5. The van der Waals surface area contributed by atoms with Crippen LogP contribution in [0.5, 0.6) is 5.75 Å². The molecule has 0 bridgehead atoms. The minimum absolute atomic E-state index is 0.0300. The molecule has 1 amide bonds. The maximum absolute atomic E-state index is 14.4. The van der Waals surface area contributed by atoms with Crippen LogP contribution in [0.15, 0.2) is 59.6 Å². The second kappa shape index (κ2) is 9.63. The van der Waals surface area contributed by atoms with Crippen LogP contribution in [0.4, 0.5) is 4.39 Å². The Balaban J connectivity index is 1.33. The van der Waals surface area contributed by atoms with Gasteiger partial charge in [-0.1, -0.05) is 23.7 Å². The SMILES string of the molecule is Cc1cc(Cl)cc(-c2ccnc3cc(CCN4C(=O)c5ccccc5S4(=O)=O)sc23)c1O[C@@H]1CCC[C@@H]1F. The molecule has 1 aliphatic heterocycles. The number of ether oxygens (including phenoxy) is 1. The van der Waals surface area contributed by atoms with Crippen molar-refractivity contribution in [3.63, 3.8) is 0 Å². The molecule has 0 radical (unpaired) electrons. The van der Waals surface area contributed by atoms with Crippen LogP contribution in [-0.2, 0) is 16.4 Å². The van der Waals surface area contributed by atoms with Gasteiger partial charge in [-0.25, -0.2) is 17.1 Å². The third-order valence-electron chi connectivity index (χ3n) is 7.11. The van der Waals surface area contributed by atoms with Gasteiger partial charge in [0.15, 0.2) is 0 Å². The number of thiophene rings is 1. The maximum atomic E-state index is 14.4. The van der Waals surface area contributed by atoms with Crippen LogP contribution in [-0.4, -0.2) is 42.4 Å². The Bertz CT molecular complexity index is 1690. The Kier molecular flexibility index (Phi) is 6.40. The normalized spacial score (nSPS) is 20.3. The van der Waals surface area contributed by atoms with E-state index in [4.69, 9.17) is 16.3 Å². The minimum atomic E-state index is -3.87. The van der Waals surface area contributed by atoms with Gasteiger partial charge in [-0.05, 0) is 68.1 Å². The number of nitrogens with zero attached hydrogens (tertiary/aromatic N) is 2. The van der Waals surface area contributed by atoms with Crippen LogP contribution in [0.3, 0.4) is 0 Å². The molecule has 1 saturated carbocycles. The first kappa shape index (κ1) is 25.3. The van der Waals surface area contributed by atoms with Crippen molar-refractivity contribution in [2.45, 2.75) is 49.8 Å². The van der Waals surface area contributed by atoms with Crippen LogP contribution >= 0.6 is 22.9 Å². The number of amides is 1. The largest absolute Gasteiger partial charge is 0.486 e. The van der Waals surface area contributed by atoms with Crippen LogP contribution in [0.25, 0.3) is 21.3 Å². The third-order valence-corrected chi connectivity index (χ3v) is 10.4. The van der Waals surface area contributed by atoms with Crippen molar-refractivity contribution < 1.29 is 22.3 Å². The Hall–Kier alpha value is -3.01. The summed E-state index contributed by atoms with van der Waals surface area (Å²) in [7, 11) is -3.87. The number of benzene rings is 2. The molecule has 6 nitrogen and oxygen atoms in total. The Labute approximate surface area is 229 Å². The van der Waals surface area contributed by atoms with Gasteiger partial charge >= 0.3 is 0 Å². The molecule has 0 unspecified atom stereocenters. The number of carbonyl (C=O) groups is 1. The molecule has 3 heterocycles. The minimum Gasteiger partial charge on any atom is -0.486 e. The standard InChI is InChI=1S/C28H24ClFN2O4S2/c1-16-13-17(29)14-21(26(16)36-24-7-4-6-22(24)30)19-9-11-31-23-15-18(37-27(19)23)10-12-32-28(33)20-5-2-3-8-25(20)38(32,34)35/h2-3,5,8-9,11,13-15,22,24H,4,6-7,10,12H2,1H3/t22-,24+/m0/s1. The van der Waals surface area contributed by atoms with E-state index in [-0.39, 0.29) is 17.0 Å². The van der Waals surface area contributed by atoms with Crippen molar-refractivity contribution in [1.29, 1.82) is 0 Å². The predicted molar refractivity (Wildman–Crippen MR) is 146 cm³/mol. The van der Waals surface area contributed by atoms with E-state index in [2.05, 4.69) is 4.98 Å². The predicted octanol–water partition coefficient (Wildman–Crippen LogP) is 6.58. The van der Waals surface area contributed by atoms with Gasteiger partial charge in [0.1, 0.15) is 22.9 Å². The van der Waals surface area contributed by atoms with E-state index >= 15 is 0 Å². The smallest absolute Gasteiger partial charge is 0.269 e. The van der Waals surface area contributed by atoms with Gasteiger partial charge < -0.3 is 4.74 Å². The fourth-order valence-electron chi connectivity index (χ4n) is 5.24. The topological polar surface area (TPSA) is 76.6 Å². The van der Waals surface area contributed by atoms with E-state index in [1.807, 2.05) is 31.2 Å². The van der Waals surface area contributed by atoms with Crippen LogP contribution in [0.2, 0.25) is 5.02 Å². The zero-order valence-electron chi connectivity index (χ0n) is 20.5. The first-order valence-corrected chi connectivity index (χ1v) is 15.0. The van der Waals surface area contributed by atoms with Gasteiger partial charge in [0.25, 0.3) is 15.9 Å². The highest BCUT2D eigenvalue weighted by molar-refractivity contribution is 7.90. The number of pyridine rings is 1. The summed E-state index contributed by atoms with van der Waals surface area (Å²) in [5.74, 6) is 0.104. The summed E-state index contributed by atoms with van der Waals surface area (Å²) < 4.78 is 48.4. The number of alkyl halides is 1. The average molecular weight is 571 g/mol. The zero-order valence-corrected chi connectivity index (χ0v) is 22.9. The molecule has 6 rings (SSSR count). The molecule has 4 aromatic rings. The van der Waals surface area contributed by atoms with Crippen molar-refractivity contribution in [2.24, 2.45) is 0 Å². The summed E-state index contributed by atoms with van der Waals surface area (Å²) in [5, 5.41) is 0.548. The summed E-state index contributed by atoms with van der Waals surface area (Å²) in [4.78, 5) is 18.2. The number of aryl methyl sites for hydroxylation is 1. The molecule has 2 atom stereocenters. The highest BCUT2D eigenvalue weighted by Crippen LogP contribution is 2.43. The Morgan fingerprint density at radius 3 is 2.71 bits per heavy atom. The van der Waals surface area contributed by atoms with Gasteiger partial charge in [0.05, 0.1) is 15.8 Å². The van der Waals surface area contributed by atoms with Crippen LogP contribution in [0, 0.1) is 6.92 Å². The van der Waals surface area contributed by atoms with E-state index in [0.717, 1.165) is 42.5 Å². The van der Waals surface area contributed by atoms with E-state index in [1.165, 1.54) is 23.5 Å². The fourth-order valence-corrected chi connectivity index (χ4v) is 8.21. The van der Waals surface area contributed by atoms with Crippen molar-refractivity contribution >= 4 is 49.1 Å². The number of rotatable bonds is 6. The summed E-state index contributed by atoms with van der Waals surface area (Å²) >= 11 is 7.92. The number of sulfonamides is 1. The molecule has 10 heteroatoms. The lowest BCUT2D eigenvalue weighted by Crippen LogP contribution is -2.31. The molecular weight excluding hydrogens is 547 g/mol. The lowest BCUT2D eigenvalue weighted by molar-refractivity contribution is 0.0872. The first-order chi connectivity index (χ1) is 18.2. The first-order valence-electron chi connectivity index (χ1n) is 12.4. The molecule has 0 N–H and O–H groups in total. The number of hydrogen-bond donors (Lipinski definition) is 0. The molecular formula is C28H24ClFN2O4S2. The number of hydrogen-bond acceptors (Lipinski definition) is 6. The molecule has 2 aromatic carbocycles. The Morgan fingerprint density at radius 1 is 1.13 bits per heavy atom. The summed E-state index contributed by atoms with van der Waals surface area (Å²) in [6.07, 6.45) is 2.52. The van der Waals surface area contributed by atoms with Gasteiger partial charge in [0.2, 0.25) is 0 Å². The molecule has 0 saturated heterocycles. The summed E-state index contributed by atoms with van der Waals surface area (Å²) in [6, 6.07) is 13.7. The van der Waals surface area contributed by atoms with Crippen molar-refractivity contribution in [1.82, 2.24) is 9.29 Å². The van der Waals surface area contributed by atoms with Crippen LogP contribution < -0.4 is 4.74 Å². The van der Waals surface area contributed by atoms with E-state index in [1.54, 1.807) is 18.3 Å². The van der Waals surface area contributed by atoms with E-state index < -0.39 is 28.2 Å². The second-order valence-electron chi connectivity index (χ2n) is 9.62.